The number of rotatable bonds is 5. The summed E-state index contributed by atoms with van der Waals surface area (Å²) in [4.78, 5) is 12.6. The van der Waals surface area contributed by atoms with E-state index in [1.807, 2.05) is 50.2 Å². The number of aryl methyl sites for hydroxylation is 1. The number of carbonyl (C=O) groups excluding carboxylic acids is 1. The average Bonchev–Trinajstić information content (AvgIpc) is 3.26. The maximum absolute atomic E-state index is 12.6. The highest BCUT2D eigenvalue weighted by Gasteiger charge is 2.30. The van der Waals surface area contributed by atoms with Crippen LogP contribution >= 0.6 is 0 Å². The van der Waals surface area contributed by atoms with Crippen LogP contribution in [0, 0.1) is 13.8 Å². The van der Waals surface area contributed by atoms with Gasteiger partial charge in [-0.3, -0.25) is 4.79 Å². The van der Waals surface area contributed by atoms with E-state index in [-0.39, 0.29) is 11.5 Å². The van der Waals surface area contributed by atoms with Crippen molar-refractivity contribution < 1.29 is 18.7 Å². The van der Waals surface area contributed by atoms with Gasteiger partial charge in [0.1, 0.15) is 29.6 Å². The Balaban J connectivity index is 1.54. The first-order valence-electron chi connectivity index (χ1n) is 9.03. The molecule has 4 rings (SSSR count). The zero-order valence-corrected chi connectivity index (χ0v) is 15.8. The van der Waals surface area contributed by atoms with Gasteiger partial charge in [-0.2, -0.15) is 0 Å². The van der Waals surface area contributed by atoms with Crippen LogP contribution in [0.15, 0.2) is 65.3 Å². The molecular weight excluding hydrogens is 352 g/mol. The van der Waals surface area contributed by atoms with Crippen LogP contribution in [0.5, 0.6) is 11.5 Å². The Morgan fingerprint density at radius 2 is 1.82 bits per heavy atom. The van der Waals surface area contributed by atoms with Crippen molar-refractivity contribution in [3.63, 3.8) is 0 Å². The van der Waals surface area contributed by atoms with Crippen molar-refractivity contribution in [2.45, 2.75) is 20.5 Å². The summed E-state index contributed by atoms with van der Waals surface area (Å²) >= 11 is 0. The average molecular weight is 372 g/mol. The van der Waals surface area contributed by atoms with Gasteiger partial charge in [-0.25, -0.2) is 0 Å². The quantitative estimate of drug-likeness (QED) is 0.536. The van der Waals surface area contributed by atoms with Crippen LogP contribution in [-0.4, -0.2) is 5.78 Å². The van der Waals surface area contributed by atoms with Crippen molar-refractivity contribution >= 4 is 17.9 Å². The highest BCUT2D eigenvalue weighted by atomic mass is 16.5. The zero-order valence-electron chi connectivity index (χ0n) is 15.8. The summed E-state index contributed by atoms with van der Waals surface area (Å²) in [7, 11) is 0. The number of hydrogen-bond acceptors (Lipinski definition) is 4. The first kappa shape index (κ1) is 17.9. The molecule has 140 valence electrons. The molecule has 0 saturated heterocycles. The molecule has 0 N–H and O–H groups in total. The molecule has 0 fully saturated rings. The lowest BCUT2D eigenvalue weighted by Gasteiger charge is -2.11. The Kier molecular flexibility index (Phi) is 4.62. The van der Waals surface area contributed by atoms with Crippen molar-refractivity contribution in [2.75, 3.05) is 0 Å². The summed E-state index contributed by atoms with van der Waals surface area (Å²) in [5, 5.41) is 0. The van der Waals surface area contributed by atoms with Gasteiger partial charge in [0.2, 0.25) is 5.78 Å². The Morgan fingerprint density at radius 1 is 1.04 bits per heavy atom. The molecule has 0 radical (unpaired) electrons. The van der Waals surface area contributed by atoms with E-state index in [1.165, 1.54) is 0 Å². The van der Waals surface area contributed by atoms with Gasteiger partial charge in [0, 0.05) is 11.6 Å². The molecule has 2 aromatic carbocycles. The molecule has 0 bridgehead atoms. The van der Waals surface area contributed by atoms with Gasteiger partial charge in [-0.05, 0) is 49.2 Å². The molecule has 0 atom stereocenters. The van der Waals surface area contributed by atoms with Gasteiger partial charge < -0.3 is 13.9 Å². The maximum Gasteiger partial charge on any atom is 0.232 e. The monoisotopic (exact) mass is 372 g/mol. The van der Waals surface area contributed by atoms with Crippen molar-refractivity contribution in [1.82, 2.24) is 0 Å². The van der Waals surface area contributed by atoms with Gasteiger partial charge in [-0.1, -0.05) is 36.9 Å². The highest BCUT2D eigenvalue weighted by molar-refractivity contribution is 6.14. The van der Waals surface area contributed by atoms with Crippen LogP contribution < -0.4 is 9.47 Å². The summed E-state index contributed by atoms with van der Waals surface area (Å²) in [5.41, 5.74) is 3.45. The van der Waals surface area contributed by atoms with Gasteiger partial charge in [-0.15, -0.1) is 0 Å². The molecule has 0 aliphatic carbocycles. The predicted molar refractivity (Wildman–Crippen MR) is 108 cm³/mol. The number of ketones is 1. The molecule has 4 nitrogen and oxygen atoms in total. The molecule has 0 spiro atoms. The third kappa shape index (κ3) is 3.37. The highest BCUT2D eigenvalue weighted by Crippen LogP contribution is 2.39. The second kappa shape index (κ2) is 7.24. The number of fused-ring (bicyclic) bond motifs is 1. The van der Waals surface area contributed by atoms with Crippen molar-refractivity contribution in [3.8, 4) is 11.5 Å². The third-order valence-electron chi connectivity index (χ3n) is 4.68. The molecule has 28 heavy (non-hydrogen) atoms. The number of Topliss-reactive ketones (excluding diaryl/α,β-unsaturated/α-hetero) is 1. The summed E-state index contributed by atoms with van der Waals surface area (Å²) < 4.78 is 17.3. The summed E-state index contributed by atoms with van der Waals surface area (Å²) in [6, 6.07) is 15.2. The van der Waals surface area contributed by atoms with Gasteiger partial charge in [0.15, 0.2) is 5.76 Å². The van der Waals surface area contributed by atoms with Crippen LogP contribution in [-0.2, 0) is 6.61 Å². The van der Waals surface area contributed by atoms with E-state index in [2.05, 4.69) is 6.58 Å². The minimum atomic E-state index is -0.154. The second-order valence-corrected chi connectivity index (χ2v) is 6.69. The van der Waals surface area contributed by atoms with Crippen LogP contribution in [0.1, 0.15) is 38.6 Å². The fraction of sp³-hybridized carbons (Fsp3) is 0.125. The minimum Gasteiger partial charge on any atom is -0.488 e. The first-order chi connectivity index (χ1) is 13.5. The number of furan rings is 1. The molecule has 1 aliphatic rings. The molecule has 0 saturated carbocycles. The Labute approximate surface area is 163 Å². The molecule has 4 heteroatoms. The SMILES string of the molecule is C=Cc1ccc(COc2ccc3c(c2C)O/C(=C\c2ccc(C)o2)C3=O)cc1. The fourth-order valence-corrected chi connectivity index (χ4v) is 3.10. The van der Waals surface area contributed by atoms with Gasteiger partial charge >= 0.3 is 0 Å². The topological polar surface area (TPSA) is 48.7 Å². The molecule has 1 aromatic heterocycles. The Morgan fingerprint density at radius 3 is 2.50 bits per heavy atom. The Hall–Kier alpha value is -3.53. The fourth-order valence-electron chi connectivity index (χ4n) is 3.10. The molecule has 0 amide bonds. The number of hydrogen-bond donors (Lipinski definition) is 0. The number of allylic oxidation sites excluding steroid dienone is 1. The van der Waals surface area contributed by atoms with Crippen molar-refractivity contribution in [2.24, 2.45) is 0 Å². The lowest BCUT2D eigenvalue weighted by Crippen LogP contribution is -1.98. The van der Waals surface area contributed by atoms with Crippen LogP contribution in [0.4, 0.5) is 0 Å². The minimum absolute atomic E-state index is 0.154. The lowest BCUT2D eigenvalue weighted by molar-refractivity contribution is 0.101. The molecule has 1 aliphatic heterocycles. The Bertz CT molecular complexity index is 1080. The van der Waals surface area contributed by atoms with E-state index in [4.69, 9.17) is 13.9 Å². The largest absolute Gasteiger partial charge is 0.488 e. The van der Waals surface area contributed by atoms with E-state index < -0.39 is 0 Å². The molecule has 2 heterocycles. The number of benzene rings is 2. The molecular formula is C24H20O4. The van der Waals surface area contributed by atoms with Crippen LogP contribution in [0.3, 0.4) is 0 Å². The molecule has 0 unspecified atom stereocenters. The lowest BCUT2D eigenvalue weighted by atomic mass is 10.1. The van der Waals surface area contributed by atoms with E-state index in [0.29, 0.717) is 29.4 Å². The van der Waals surface area contributed by atoms with Crippen molar-refractivity contribution in [3.05, 3.63) is 94.6 Å². The number of carbonyl (C=O) groups is 1. The smallest absolute Gasteiger partial charge is 0.232 e. The van der Waals surface area contributed by atoms with E-state index >= 15 is 0 Å². The van der Waals surface area contributed by atoms with Gasteiger partial charge in [0.25, 0.3) is 0 Å². The third-order valence-corrected chi connectivity index (χ3v) is 4.68. The number of ether oxygens (including phenoxy) is 2. The van der Waals surface area contributed by atoms with Gasteiger partial charge in [0.05, 0.1) is 5.56 Å². The summed E-state index contributed by atoms with van der Waals surface area (Å²) in [6.45, 7) is 7.93. The van der Waals surface area contributed by atoms with E-state index in [9.17, 15) is 4.79 Å². The maximum atomic E-state index is 12.6. The predicted octanol–water partition coefficient (Wildman–Crippen LogP) is 5.73. The van der Waals surface area contributed by atoms with E-state index in [0.717, 1.165) is 22.5 Å². The second-order valence-electron chi connectivity index (χ2n) is 6.69. The standard InChI is InChI=1S/C24H20O4/c1-4-17-6-8-18(9-7-17)14-26-21-12-11-20-23(25)22(28-24(20)16(21)3)13-19-10-5-15(2)27-19/h4-13H,1,14H2,2-3H3/b22-13-. The van der Waals surface area contributed by atoms with Crippen molar-refractivity contribution in [1.29, 1.82) is 0 Å². The zero-order chi connectivity index (χ0) is 19.7. The van der Waals surface area contributed by atoms with Crippen LogP contribution in [0.25, 0.3) is 12.2 Å². The molecule has 3 aromatic rings. The van der Waals surface area contributed by atoms with Crippen LogP contribution in [0.2, 0.25) is 0 Å². The van der Waals surface area contributed by atoms with E-state index in [1.54, 1.807) is 24.3 Å². The summed E-state index contributed by atoms with van der Waals surface area (Å²) in [6.07, 6.45) is 3.43. The first-order valence-corrected chi connectivity index (χ1v) is 9.03. The summed E-state index contributed by atoms with van der Waals surface area (Å²) in [5.74, 6) is 2.70. The normalized spacial score (nSPS) is 14.1.